The lowest BCUT2D eigenvalue weighted by atomic mass is 9.71. The van der Waals surface area contributed by atoms with Gasteiger partial charge in [-0.05, 0) is 46.4 Å². The van der Waals surface area contributed by atoms with E-state index in [9.17, 15) is 5.11 Å². The number of aryl methyl sites for hydroxylation is 1. The van der Waals surface area contributed by atoms with Gasteiger partial charge in [0.05, 0.1) is 0 Å². The normalized spacial score (nSPS) is 12.4. The van der Waals surface area contributed by atoms with Gasteiger partial charge >= 0.3 is 0 Å². The lowest BCUT2D eigenvalue weighted by Crippen LogP contribution is -2.25. The van der Waals surface area contributed by atoms with Crippen molar-refractivity contribution in [2.45, 2.75) is 59.8 Å². The lowest BCUT2D eigenvalue weighted by Gasteiger charge is -2.34. The highest BCUT2D eigenvalue weighted by atomic mass is 16.3. The molecule has 0 aliphatic carbocycles. The van der Waals surface area contributed by atoms with E-state index in [-0.39, 0.29) is 10.8 Å². The molecule has 0 atom stereocenters. The van der Waals surface area contributed by atoms with E-state index in [0.29, 0.717) is 5.75 Å². The number of hydrogen-bond donors (Lipinski definition) is 1. The van der Waals surface area contributed by atoms with Gasteiger partial charge in [0, 0.05) is 5.56 Å². The van der Waals surface area contributed by atoms with Crippen molar-refractivity contribution in [3.63, 3.8) is 0 Å². The molecule has 2 rings (SSSR count). The van der Waals surface area contributed by atoms with Crippen molar-refractivity contribution in [3.8, 4) is 16.9 Å². The fourth-order valence-corrected chi connectivity index (χ4v) is 3.62. The van der Waals surface area contributed by atoms with Gasteiger partial charge in [0.2, 0.25) is 0 Å². The zero-order valence-corrected chi connectivity index (χ0v) is 15.4. The summed E-state index contributed by atoms with van der Waals surface area (Å²) in [6, 6.07) is 14.5. The third-order valence-electron chi connectivity index (χ3n) is 4.41. The minimum absolute atomic E-state index is 0.0688. The Kier molecular flexibility index (Phi) is 4.89. The molecule has 0 fully saturated rings. The Bertz CT molecular complexity index is 660. The summed E-state index contributed by atoms with van der Waals surface area (Å²) >= 11 is 0. The lowest BCUT2D eigenvalue weighted by molar-refractivity contribution is 0.284. The highest BCUT2D eigenvalue weighted by Gasteiger charge is 2.28. The Labute approximate surface area is 141 Å². The molecule has 0 aromatic heterocycles. The maximum absolute atomic E-state index is 10.7. The third-order valence-corrected chi connectivity index (χ3v) is 4.41. The molecule has 124 valence electrons. The largest absolute Gasteiger partial charge is 0.507 e. The predicted molar refractivity (Wildman–Crippen MR) is 100 cm³/mol. The Hall–Kier alpha value is -1.76. The molecule has 2 aromatic carbocycles. The van der Waals surface area contributed by atoms with Crippen molar-refractivity contribution in [1.29, 1.82) is 0 Å². The Morgan fingerprint density at radius 1 is 0.913 bits per heavy atom. The fourth-order valence-electron chi connectivity index (χ4n) is 3.62. The first-order valence-corrected chi connectivity index (χ1v) is 8.56. The minimum atomic E-state index is 0.0688. The third kappa shape index (κ3) is 4.16. The topological polar surface area (TPSA) is 20.2 Å². The van der Waals surface area contributed by atoms with Gasteiger partial charge in [-0.3, -0.25) is 0 Å². The minimum Gasteiger partial charge on any atom is -0.507 e. The second-order valence-corrected chi connectivity index (χ2v) is 8.37. The summed E-state index contributed by atoms with van der Waals surface area (Å²) in [4.78, 5) is 0. The molecule has 0 spiro atoms. The molecule has 2 aromatic rings. The molecule has 0 saturated heterocycles. The zero-order chi connectivity index (χ0) is 17.3. The van der Waals surface area contributed by atoms with E-state index < -0.39 is 0 Å². The Balaban J connectivity index is 2.58. The van der Waals surface area contributed by atoms with E-state index >= 15 is 0 Å². The van der Waals surface area contributed by atoms with Crippen LogP contribution in [0.5, 0.6) is 5.75 Å². The summed E-state index contributed by atoms with van der Waals surface area (Å²) in [6.45, 7) is 13.6. The molecule has 23 heavy (non-hydrogen) atoms. The van der Waals surface area contributed by atoms with Crippen LogP contribution in [0.4, 0.5) is 0 Å². The molecule has 1 heteroatoms. The summed E-state index contributed by atoms with van der Waals surface area (Å²) < 4.78 is 0. The molecule has 0 bridgehead atoms. The van der Waals surface area contributed by atoms with Gasteiger partial charge in [-0.2, -0.15) is 0 Å². The van der Waals surface area contributed by atoms with Crippen LogP contribution >= 0.6 is 0 Å². The van der Waals surface area contributed by atoms with Gasteiger partial charge in [-0.1, -0.05) is 77.9 Å². The number of aromatic hydroxyl groups is 1. The summed E-state index contributed by atoms with van der Waals surface area (Å²) in [6.07, 6.45) is 1.94. The van der Waals surface area contributed by atoms with E-state index in [2.05, 4.69) is 65.8 Å². The van der Waals surface area contributed by atoms with Crippen LogP contribution in [0, 0.1) is 5.41 Å². The number of rotatable bonds is 4. The first-order valence-electron chi connectivity index (χ1n) is 8.56. The van der Waals surface area contributed by atoms with Crippen LogP contribution in [-0.4, -0.2) is 5.11 Å². The monoisotopic (exact) mass is 310 g/mol. The van der Waals surface area contributed by atoms with Crippen LogP contribution in [0.1, 0.15) is 59.1 Å². The highest BCUT2D eigenvalue weighted by molar-refractivity contribution is 5.73. The highest BCUT2D eigenvalue weighted by Crippen LogP contribution is 2.41. The van der Waals surface area contributed by atoms with E-state index in [4.69, 9.17) is 0 Å². The van der Waals surface area contributed by atoms with Crippen LogP contribution in [-0.2, 0) is 11.8 Å². The van der Waals surface area contributed by atoms with Crippen LogP contribution in [0.2, 0.25) is 0 Å². The molecule has 0 heterocycles. The first kappa shape index (κ1) is 17.6. The summed E-state index contributed by atoms with van der Waals surface area (Å²) in [5, 5.41) is 10.7. The average Bonchev–Trinajstić information content (AvgIpc) is 2.45. The van der Waals surface area contributed by atoms with Crippen LogP contribution in [0.25, 0.3) is 11.1 Å². The zero-order valence-electron chi connectivity index (χ0n) is 15.4. The van der Waals surface area contributed by atoms with Crippen molar-refractivity contribution >= 4 is 0 Å². The number of hydrogen-bond acceptors (Lipinski definition) is 1. The van der Waals surface area contributed by atoms with Crippen LogP contribution in [0.3, 0.4) is 0 Å². The molecule has 1 nitrogen and oxygen atoms in total. The van der Waals surface area contributed by atoms with Gasteiger partial charge in [-0.25, -0.2) is 0 Å². The van der Waals surface area contributed by atoms with Crippen LogP contribution in [0.15, 0.2) is 42.5 Å². The molecule has 1 N–H and O–H groups in total. The van der Waals surface area contributed by atoms with Gasteiger partial charge < -0.3 is 5.11 Å². The van der Waals surface area contributed by atoms with E-state index in [1.807, 2.05) is 18.2 Å². The van der Waals surface area contributed by atoms with Crippen molar-refractivity contribution in [3.05, 3.63) is 53.6 Å². The van der Waals surface area contributed by atoms with Crippen molar-refractivity contribution in [2.75, 3.05) is 0 Å². The molecular weight excluding hydrogens is 280 g/mol. The molecule has 0 saturated carbocycles. The number of benzene rings is 2. The Morgan fingerprint density at radius 2 is 1.52 bits per heavy atom. The average molecular weight is 310 g/mol. The van der Waals surface area contributed by atoms with Crippen molar-refractivity contribution in [2.24, 2.45) is 5.41 Å². The van der Waals surface area contributed by atoms with Crippen molar-refractivity contribution in [1.82, 2.24) is 0 Å². The maximum Gasteiger partial charge on any atom is 0.126 e. The van der Waals surface area contributed by atoms with E-state index in [1.165, 1.54) is 5.56 Å². The smallest absolute Gasteiger partial charge is 0.126 e. The van der Waals surface area contributed by atoms with E-state index in [0.717, 1.165) is 29.5 Å². The second kappa shape index (κ2) is 6.39. The summed E-state index contributed by atoms with van der Waals surface area (Å²) in [5.41, 5.74) is 4.69. The standard InChI is InChI=1S/C22H30O/c1-7-16-13-18(22(5,6)15-21(2,3)4)14-19(20(16)23)17-11-9-8-10-12-17/h8-14,23H,7,15H2,1-6H3. The van der Waals surface area contributed by atoms with Crippen molar-refractivity contribution < 1.29 is 5.11 Å². The van der Waals surface area contributed by atoms with Gasteiger partial charge in [0.15, 0.2) is 0 Å². The number of phenolic OH excluding ortho intramolecular Hbond substituents is 1. The first-order chi connectivity index (χ1) is 10.6. The fraction of sp³-hybridized carbons (Fsp3) is 0.455. The Morgan fingerprint density at radius 3 is 2.04 bits per heavy atom. The summed E-state index contributed by atoms with van der Waals surface area (Å²) in [7, 11) is 0. The van der Waals surface area contributed by atoms with Gasteiger partial charge in [0.1, 0.15) is 5.75 Å². The van der Waals surface area contributed by atoms with Gasteiger partial charge in [0.25, 0.3) is 0 Å². The molecular formula is C22H30O. The number of phenols is 1. The molecule has 0 aliphatic rings. The molecule has 0 unspecified atom stereocenters. The second-order valence-electron chi connectivity index (χ2n) is 8.37. The molecule has 0 amide bonds. The predicted octanol–water partition coefficient (Wildman–Crippen LogP) is 6.34. The molecule has 0 aliphatic heterocycles. The SMILES string of the molecule is CCc1cc(C(C)(C)CC(C)(C)C)cc(-c2ccccc2)c1O. The van der Waals surface area contributed by atoms with Crippen LogP contribution < -0.4 is 0 Å². The molecule has 0 radical (unpaired) electrons. The maximum atomic E-state index is 10.7. The van der Waals surface area contributed by atoms with E-state index in [1.54, 1.807) is 0 Å². The van der Waals surface area contributed by atoms with Gasteiger partial charge in [-0.15, -0.1) is 0 Å². The summed E-state index contributed by atoms with van der Waals surface area (Å²) in [5.74, 6) is 0.425. The quantitative estimate of drug-likeness (QED) is 0.699.